The fourth-order valence-corrected chi connectivity index (χ4v) is 3.97. The van der Waals surface area contributed by atoms with Gasteiger partial charge < -0.3 is 0 Å². The fourth-order valence-electron chi connectivity index (χ4n) is 1.28. The van der Waals surface area contributed by atoms with Crippen LogP contribution in [0.1, 0.15) is 11.1 Å². The first-order chi connectivity index (χ1) is 8.31. The van der Waals surface area contributed by atoms with Gasteiger partial charge in [0.1, 0.15) is 15.7 Å². The Labute approximate surface area is 108 Å². The van der Waals surface area contributed by atoms with Crippen LogP contribution in [0.25, 0.3) is 0 Å². The topological polar surface area (TPSA) is 75.0 Å². The lowest BCUT2D eigenvalue weighted by Gasteiger charge is -2.04. The first kappa shape index (κ1) is 14.8. The number of nitriles is 1. The average molecular weight is 289 g/mol. The summed E-state index contributed by atoms with van der Waals surface area (Å²) in [6.07, 6.45) is 1.06. The molecule has 0 amide bonds. The smallest absolute Gasteiger partial charge is 0.148 e. The van der Waals surface area contributed by atoms with Gasteiger partial charge in [0.05, 0.1) is 17.4 Å². The molecule has 1 rings (SSSR count). The predicted octanol–water partition coefficient (Wildman–Crippen LogP) is 0.991. The van der Waals surface area contributed by atoms with Crippen LogP contribution in [0.3, 0.4) is 0 Å². The van der Waals surface area contributed by atoms with Gasteiger partial charge in [0.15, 0.2) is 0 Å². The van der Waals surface area contributed by atoms with Gasteiger partial charge in [-0.25, -0.2) is 12.8 Å². The van der Waals surface area contributed by atoms with E-state index in [1.807, 2.05) is 6.07 Å². The number of sulfone groups is 1. The highest BCUT2D eigenvalue weighted by molar-refractivity contribution is 7.92. The Morgan fingerprint density at radius 1 is 1.44 bits per heavy atom. The summed E-state index contributed by atoms with van der Waals surface area (Å²) in [5.74, 6) is -0.725. The van der Waals surface area contributed by atoms with E-state index in [1.165, 1.54) is 6.07 Å². The van der Waals surface area contributed by atoms with E-state index < -0.39 is 26.5 Å². The normalized spacial score (nSPS) is 12.9. The highest BCUT2D eigenvalue weighted by Crippen LogP contribution is 2.13. The molecule has 1 atom stereocenters. The maximum Gasteiger partial charge on any atom is 0.148 e. The van der Waals surface area contributed by atoms with Crippen LogP contribution in [-0.2, 0) is 26.4 Å². The molecule has 0 spiro atoms. The first-order valence-corrected chi connectivity index (χ1v) is 8.58. The molecule has 0 aliphatic carbocycles. The van der Waals surface area contributed by atoms with E-state index in [-0.39, 0.29) is 22.8 Å². The number of hydrogen-bond acceptors (Lipinski definition) is 4. The van der Waals surface area contributed by atoms with Crippen LogP contribution in [0, 0.1) is 17.1 Å². The maximum absolute atomic E-state index is 13.0. The van der Waals surface area contributed by atoms with Crippen LogP contribution in [0.2, 0.25) is 0 Å². The third kappa shape index (κ3) is 4.94. The van der Waals surface area contributed by atoms with Gasteiger partial charge in [0.2, 0.25) is 0 Å². The molecule has 0 N–H and O–H groups in total. The molecule has 0 saturated carbocycles. The number of benzene rings is 1. The zero-order valence-electron chi connectivity index (χ0n) is 9.72. The van der Waals surface area contributed by atoms with Gasteiger partial charge in [-0.1, -0.05) is 0 Å². The molecule has 0 aliphatic rings. The number of rotatable bonds is 5. The minimum atomic E-state index is -3.17. The van der Waals surface area contributed by atoms with Crippen molar-refractivity contribution in [1.29, 1.82) is 5.26 Å². The lowest BCUT2D eigenvalue weighted by Crippen LogP contribution is -2.13. The zero-order valence-corrected chi connectivity index (χ0v) is 11.4. The second-order valence-electron chi connectivity index (χ2n) is 3.83. The van der Waals surface area contributed by atoms with Crippen molar-refractivity contribution >= 4 is 20.6 Å². The second-order valence-corrected chi connectivity index (χ2v) is 7.67. The predicted molar refractivity (Wildman–Crippen MR) is 67.5 cm³/mol. The molecule has 0 aromatic heterocycles. The third-order valence-corrected chi connectivity index (χ3v) is 4.68. The van der Waals surface area contributed by atoms with Crippen LogP contribution in [0.15, 0.2) is 18.2 Å². The van der Waals surface area contributed by atoms with Crippen molar-refractivity contribution in [2.75, 3.05) is 17.8 Å². The molecular weight excluding hydrogens is 277 g/mol. The van der Waals surface area contributed by atoms with Crippen molar-refractivity contribution in [2.24, 2.45) is 0 Å². The number of nitrogens with zero attached hydrogens (tertiary/aromatic N) is 1. The van der Waals surface area contributed by atoms with Gasteiger partial charge in [0, 0.05) is 28.6 Å². The van der Waals surface area contributed by atoms with E-state index in [0.717, 1.165) is 18.4 Å². The summed E-state index contributed by atoms with van der Waals surface area (Å²) in [7, 11) is -4.60. The monoisotopic (exact) mass is 289 g/mol. The van der Waals surface area contributed by atoms with Gasteiger partial charge >= 0.3 is 0 Å². The van der Waals surface area contributed by atoms with Gasteiger partial charge in [-0.15, -0.1) is 0 Å². The number of hydrogen-bond donors (Lipinski definition) is 0. The molecule has 0 aliphatic heterocycles. The Balaban J connectivity index is 2.76. The summed E-state index contributed by atoms with van der Waals surface area (Å²) in [4.78, 5) is 0. The summed E-state index contributed by atoms with van der Waals surface area (Å²) >= 11 is 0. The van der Waals surface area contributed by atoms with Gasteiger partial charge in [0.25, 0.3) is 0 Å². The van der Waals surface area contributed by atoms with E-state index in [9.17, 15) is 17.0 Å². The van der Waals surface area contributed by atoms with E-state index >= 15 is 0 Å². The quantitative estimate of drug-likeness (QED) is 0.810. The van der Waals surface area contributed by atoms with Gasteiger partial charge in [-0.3, -0.25) is 4.21 Å². The number of halogens is 1. The van der Waals surface area contributed by atoms with Crippen molar-refractivity contribution in [3.63, 3.8) is 0 Å². The molecule has 1 aromatic carbocycles. The Morgan fingerprint density at radius 3 is 2.67 bits per heavy atom. The molecule has 1 aromatic rings. The van der Waals surface area contributed by atoms with Crippen LogP contribution in [-0.4, -0.2) is 30.4 Å². The minimum Gasteiger partial charge on any atom is -0.259 e. The lowest BCUT2D eigenvalue weighted by molar-refractivity contribution is 0.602. The Morgan fingerprint density at radius 2 is 2.11 bits per heavy atom. The highest BCUT2D eigenvalue weighted by Gasteiger charge is 2.11. The summed E-state index contributed by atoms with van der Waals surface area (Å²) < 4.78 is 46.5. The Kier molecular flexibility index (Phi) is 4.99. The van der Waals surface area contributed by atoms with Crippen LogP contribution in [0.4, 0.5) is 4.39 Å². The van der Waals surface area contributed by atoms with Gasteiger partial charge in [-0.05, 0) is 23.8 Å². The van der Waals surface area contributed by atoms with E-state index in [0.29, 0.717) is 5.56 Å². The Hall–Kier alpha value is -1.26. The van der Waals surface area contributed by atoms with Crippen LogP contribution in [0.5, 0.6) is 0 Å². The molecule has 0 saturated heterocycles. The summed E-state index contributed by atoms with van der Waals surface area (Å²) in [6, 6.07) is 5.50. The van der Waals surface area contributed by atoms with E-state index in [2.05, 4.69) is 0 Å². The molecule has 18 heavy (non-hydrogen) atoms. The molecule has 0 heterocycles. The van der Waals surface area contributed by atoms with Crippen molar-refractivity contribution in [3.05, 3.63) is 35.1 Å². The third-order valence-electron chi connectivity index (χ3n) is 2.19. The minimum absolute atomic E-state index is 0.0137. The van der Waals surface area contributed by atoms with Crippen molar-refractivity contribution in [3.8, 4) is 6.07 Å². The average Bonchev–Trinajstić information content (AvgIpc) is 2.26. The molecule has 4 nitrogen and oxygen atoms in total. The Bertz CT molecular complexity index is 605. The van der Waals surface area contributed by atoms with E-state index in [1.54, 1.807) is 0 Å². The second kappa shape index (κ2) is 6.07. The van der Waals surface area contributed by atoms with Crippen molar-refractivity contribution < 1.29 is 17.0 Å². The van der Waals surface area contributed by atoms with Crippen molar-refractivity contribution in [2.45, 2.75) is 5.75 Å². The molecule has 0 radical (unpaired) electrons. The molecule has 0 bridgehead atoms. The largest absolute Gasteiger partial charge is 0.259 e. The van der Waals surface area contributed by atoms with Crippen LogP contribution >= 0.6 is 0 Å². The standard InChI is InChI=1S/C11H12FNO3S2/c1-18(15,16)5-4-17(14)8-10-6-11(12)3-2-9(10)7-13/h2-3,6H,4-5,8H2,1H3. The lowest BCUT2D eigenvalue weighted by atomic mass is 10.1. The van der Waals surface area contributed by atoms with Crippen LogP contribution < -0.4 is 0 Å². The van der Waals surface area contributed by atoms with Gasteiger partial charge in [-0.2, -0.15) is 5.26 Å². The molecule has 1 unspecified atom stereocenters. The summed E-state index contributed by atoms with van der Waals surface area (Å²) in [5.41, 5.74) is 0.591. The fraction of sp³-hybridized carbons (Fsp3) is 0.364. The molecule has 98 valence electrons. The first-order valence-electron chi connectivity index (χ1n) is 5.03. The summed E-state index contributed by atoms with van der Waals surface area (Å²) in [5, 5.41) is 8.81. The highest BCUT2D eigenvalue weighted by atomic mass is 32.2. The summed E-state index contributed by atoms with van der Waals surface area (Å²) in [6.45, 7) is 0. The SMILES string of the molecule is CS(=O)(=O)CCS(=O)Cc1cc(F)ccc1C#N. The zero-order chi connectivity index (χ0) is 13.8. The maximum atomic E-state index is 13.0. The molecular formula is C11H12FNO3S2. The van der Waals surface area contributed by atoms with E-state index in [4.69, 9.17) is 5.26 Å². The molecule has 0 fully saturated rings. The van der Waals surface area contributed by atoms with Crippen molar-refractivity contribution in [1.82, 2.24) is 0 Å². The molecule has 7 heteroatoms.